The fraction of sp³-hybridized carbons (Fsp3) is 0.286. The summed E-state index contributed by atoms with van der Waals surface area (Å²) in [5.41, 5.74) is 1.54. The highest BCUT2D eigenvalue weighted by molar-refractivity contribution is 6.42. The van der Waals surface area contributed by atoms with Gasteiger partial charge < -0.3 is 9.32 Å². The molecule has 1 heterocycles. The first-order chi connectivity index (χ1) is 14.0. The van der Waals surface area contributed by atoms with Crippen LogP contribution in [0.5, 0.6) is 0 Å². The van der Waals surface area contributed by atoms with Crippen LogP contribution >= 0.6 is 34.8 Å². The normalized spacial score (nSPS) is 13.5. The highest BCUT2D eigenvalue weighted by Crippen LogP contribution is 2.31. The maximum atomic E-state index is 12.9. The number of hydrogen-bond acceptors (Lipinski definition) is 4. The van der Waals surface area contributed by atoms with Gasteiger partial charge in [0, 0.05) is 12.5 Å². The van der Waals surface area contributed by atoms with Crippen LogP contribution in [0.25, 0.3) is 11.5 Å². The standard InChI is InChI=1S/C21H18Cl3N3O2/c22-16-6-2-1-5-15(16)21-26-25-18(29-21)12-27(14-9-10-14)19(28)11-8-13-4-3-7-17(23)20(13)24/h1-7,14H,8-12H2. The minimum Gasteiger partial charge on any atom is -0.419 e. The predicted molar refractivity (Wildman–Crippen MR) is 113 cm³/mol. The quantitative estimate of drug-likeness (QED) is 0.455. The number of aryl methyl sites for hydroxylation is 1. The number of carbonyl (C=O) groups excluding carboxylic acids is 1. The predicted octanol–water partition coefficient (Wildman–Crippen LogP) is 5.82. The zero-order valence-electron chi connectivity index (χ0n) is 15.4. The van der Waals surface area contributed by atoms with Gasteiger partial charge in [0.2, 0.25) is 17.7 Å². The molecule has 0 unspecified atom stereocenters. The number of aromatic nitrogens is 2. The van der Waals surface area contributed by atoms with E-state index in [0.717, 1.165) is 18.4 Å². The summed E-state index contributed by atoms with van der Waals surface area (Å²) in [5, 5.41) is 9.72. The largest absolute Gasteiger partial charge is 0.419 e. The number of amides is 1. The zero-order valence-corrected chi connectivity index (χ0v) is 17.7. The Kier molecular flexibility index (Phi) is 6.09. The Labute approximate surface area is 183 Å². The number of hydrogen-bond donors (Lipinski definition) is 0. The summed E-state index contributed by atoms with van der Waals surface area (Å²) >= 11 is 18.5. The van der Waals surface area contributed by atoms with Gasteiger partial charge in [0.1, 0.15) is 0 Å². The SMILES string of the molecule is O=C(CCc1cccc(Cl)c1Cl)N(Cc1nnc(-c2ccccc2Cl)o1)C1CC1. The number of carbonyl (C=O) groups is 1. The van der Waals surface area contributed by atoms with Crippen molar-refractivity contribution in [3.63, 3.8) is 0 Å². The van der Waals surface area contributed by atoms with Crippen molar-refractivity contribution in [3.05, 3.63) is 69.0 Å². The summed E-state index contributed by atoms with van der Waals surface area (Å²) in [6, 6.07) is 12.9. The molecule has 1 fully saturated rings. The molecule has 1 amide bonds. The smallest absolute Gasteiger partial charge is 0.249 e. The molecule has 29 heavy (non-hydrogen) atoms. The highest BCUT2D eigenvalue weighted by Gasteiger charge is 2.33. The fourth-order valence-corrected chi connectivity index (χ4v) is 3.77. The summed E-state index contributed by atoms with van der Waals surface area (Å²) in [7, 11) is 0. The van der Waals surface area contributed by atoms with Gasteiger partial charge in [-0.15, -0.1) is 10.2 Å². The topological polar surface area (TPSA) is 59.2 Å². The van der Waals surface area contributed by atoms with Crippen LogP contribution < -0.4 is 0 Å². The molecule has 0 N–H and O–H groups in total. The van der Waals surface area contributed by atoms with Crippen molar-refractivity contribution in [3.8, 4) is 11.5 Å². The first kappa shape index (κ1) is 20.2. The van der Waals surface area contributed by atoms with E-state index < -0.39 is 0 Å². The number of rotatable bonds is 7. The molecule has 2 aromatic carbocycles. The summed E-state index contributed by atoms with van der Waals surface area (Å²) in [5.74, 6) is 0.765. The molecule has 1 saturated carbocycles. The molecule has 0 atom stereocenters. The molecule has 3 aromatic rings. The first-order valence-electron chi connectivity index (χ1n) is 9.32. The average Bonchev–Trinajstić information content (AvgIpc) is 3.45. The van der Waals surface area contributed by atoms with Gasteiger partial charge in [-0.1, -0.05) is 59.1 Å². The summed E-state index contributed by atoms with van der Waals surface area (Å²) < 4.78 is 5.77. The third-order valence-electron chi connectivity index (χ3n) is 4.82. The van der Waals surface area contributed by atoms with Crippen molar-refractivity contribution < 1.29 is 9.21 Å². The van der Waals surface area contributed by atoms with E-state index in [1.54, 1.807) is 12.1 Å². The Morgan fingerprint density at radius 1 is 1.03 bits per heavy atom. The molecule has 0 aliphatic heterocycles. The average molecular weight is 451 g/mol. The lowest BCUT2D eigenvalue weighted by molar-refractivity contribution is -0.132. The van der Waals surface area contributed by atoms with Gasteiger partial charge in [0.05, 0.1) is 27.2 Å². The molecule has 5 nitrogen and oxygen atoms in total. The van der Waals surface area contributed by atoms with Crippen molar-refractivity contribution in [2.75, 3.05) is 0 Å². The van der Waals surface area contributed by atoms with Gasteiger partial charge in [-0.2, -0.15) is 0 Å². The van der Waals surface area contributed by atoms with Crippen LogP contribution in [0.15, 0.2) is 46.9 Å². The zero-order chi connectivity index (χ0) is 20.4. The van der Waals surface area contributed by atoms with E-state index in [9.17, 15) is 4.79 Å². The number of nitrogens with zero attached hydrogens (tertiary/aromatic N) is 3. The van der Waals surface area contributed by atoms with E-state index in [-0.39, 0.29) is 18.5 Å². The van der Waals surface area contributed by atoms with Gasteiger partial charge >= 0.3 is 0 Å². The molecule has 0 spiro atoms. The fourth-order valence-electron chi connectivity index (χ4n) is 3.14. The van der Waals surface area contributed by atoms with Gasteiger partial charge in [0.15, 0.2) is 0 Å². The first-order valence-corrected chi connectivity index (χ1v) is 10.5. The van der Waals surface area contributed by atoms with Crippen LogP contribution in [-0.2, 0) is 17.8 Å². The second-order valence-electron chi connectivity index (χ2n) is 6.95. The van der Waals surface area contributed by atoms with E-state index in [2.05, 4.69) is 10.2 Å². The van der Waals surface area contributed by atoms with Crippen LogP contribution in [0.1, 0.15) is 30.7 Å². The number of benzene rings is 2. The molecule has 0 radical (unpaired) electrons. The Bertz CT molecular complexity index is 1030. The maximum Gasteiger partial charge on any atom is 0.249 e. The van der Waals surface area contributed by atoms with Crippen molar-refractivity contribution >= 4 is 40.7 Å². The molecule has 1 aliphatic carbocycles. The third kappa shape index (κ3) is 4.74. The maximum absolute atomic E-state index is 12.9. The summed E-state index contributed by atoms with van der Waals surface area (Å²) in [6.45, 7) is 0.282. The number of halogens is 3. The van der Waals surface area contributed by atoms with Gasteiger partial charge in [0.25, 0.3) is 0 Å². The lowest BCUT2D eigenvalue weighted by atomic mass is 10.1. The van der Waals surface area contributed by atoms with E-state index in [4.69, 9.17) is 39.2 Å². The Balaban J connectivity index is 1.44. The minimum absolute atomic E-state index is 0.0287. The molecule has 1 aliphatic rings. The van der Waals surface area contributed by atoms with Gasteiger partial charge in [-0.25, -0.2) is 0 Å². The molecule has 150 valence electrons. The van der Waals surface area contributed by atoms with Crippen LogP contribution in [0.3, 0.4) is 0 Å². The van der Waals surface area contributed by atoms with Crippen LogP contribution in [0.4, 0.5) is 0 Å². The lowest BCUT2D eigenvalue weighted by Gasteiger charge is -2.20. The summed E-state index contributed by atoms with van der Waals surface area (Å²) in [6.07, 6.45) is 2.82. The Hall–Kier alpha value is -2.08. The Morgan fingerprint density at radius 2 is 1.79 bits per heavy atom. The Morgan fingerprint density at radius 3 is 2.55 bits per heavy atom. The summed E-state index contributed by atoms with van der Waals surface area (Å²) in [4.78, 5) is 14.7. The van der Waals surface area contributed by atoms with E-state index in [1.807, 2.05) is 35.2 Å². The van der Waals surface area contributed by atoms with E-state index >= 15 is 0 Å². The molecule has 1 aromatic heterocycles. The third-order valence-corrected chi connectivity index (χ3v) is 6.01. The molecular formula is C21H18Cl3N3O2. The lowest BCUT2D eigenvalue weighted by Crippen LogP contribution is -2.32. The van der Waals surface area contributed by atoms with Crippen LogP contribution in [0.2, 0.25) is 15.1 Å². The van der Waals surface area contributed by atoms with Gasteiger partial charge in [-0.05, 0) is 43.0 Å². The monoisotopic (exact) mass is 449 g/mol. The van der Waals surface area contributed by atoms with E-state index in [1.165, 1.54) is 0 Å². The molecule has 4 rings (SSSR count). The molecule has 0 saturated heterocycles. The second kappa shape index (κ2) is 8.74. The van der Waals surface area contributed by atoms with Crippen molar-refractivity contribution in [1.82, 2.24) is 15.1 Å². The van der Waals surface area contributed by atoms with Gasteiger partial charge in [-0.3, -0.25) is 4.79 Å². The van der Waals surface area contributed by atoms with Crippen molar-refractivity contribution in [1.29, 1.82) is 0 Å². The van der Waals surface area contributed by atoms with E-state index in [0.29, 0.717) is 45.3 Å². The van der Waals surface area contributed by atoms with Crippen molar-refractivity contribution in [2.24, 2.45) is 0 Å². The molecular weight excluding hydrogens is 433 g/mol. The van der Waals surface area contributed by atoms with Crippen LogP contribution in [-0.4, -0.2) is 27.0 Å². The van der Waals surface area contributed by atoms with Crippen molar-refractivity contribution in [2.45, 2.75) is 38.3 Å². The minimum atomic E-state index is 0.0287. The second-order valence-corrected chi connectivity index (χ2v) is 8.14. The molecule has 0 bridgehead atoms. The molecule has 8 heteroatoms. The highest BCUT2D eigenvalue weighted by atomic mass is 35.5. The van der Waals surface area contributed by atoms with Crippen LogP contribution in [0, 0.1) is 0 Å².